The Morgan fingerprint density at radius 3 is 2.42 bits per heavy atom. The SMILES string of the molecule is CNc1ccc(-c2ccc(C(C)C)cc2OC)nn1. The Bertz CT molecular complexity index is 550. The van der Waals surface area contributed by atoms with Crippen LogP contribution in [0.2, 0.25) is 0 Å². The molecule has 2 rings (SSSR count). The van der Waals surface area contributed by atoms with Crippen LogP contribution in [-0.4, -0.2) is 24.4 Å². The van der Waals surface area contributed by atoms with Crippen LogP contribution in [0, 0.1) is 0 Å². The third-order valence-corrected chi connectivity index (χ3v) is 3.09. The van der Waals surface area contributed by atoms with Crippen molar-refractivity contribution < 1.29 is 4.74 Å². The molecule has 0 unspecified atom stereocenters. The number of hydrogen-bond donors (Lipinski definition) is 1. The van der Waals surface area contributed by atoms with Crippen molar-refractivity contribution in [3.63, 3.8) is 0 Å². The fourth-order valence-electron chi connectivity index (χ4n) is 1.89. The van der Waals surface area contributed by atoms with Crippen molar-refractivity contribution in [1.82, 2.24) is 10.2 Å². The molecule has 0 spiro atoms. The first kappa shape index (κ1) is 13.3. The minimum Gasteiger partial charge on any atom is -0.496 e. The molecule has 100 valence electrons. The van der Waals surface area contributed by atoms with Gasteiger partial charge >= 0.3 is 0 Å². The maximum absolute atomic E-state index is 5.46. The first-order valence-electron chi connectivity index (χ1n) is 6.35. The maximum atomic E-state index is 5.46. The number of aromatic nitrogens is 2. The summed E-state index contributed by atoms with van der Waals surface area (Å²) in [6.45, 7) is 4.33. The number of ether oxygens (including phenoxy) is 1. The fourth-order valence-corrected chi connectivity index (χ4v) is 1.89. The van der Waals surface area contributed by atoms with Crippen molar-refractivity contribution in [1.29, 1.82) is 0 Å². The molecule has 1 N–H and O–H groups in total. The molecule has 0 amide bonds. The maximum Gasteiger partial charge on any atom is 0.148 e. The summed E-state index contributed by atoms with van der Waals surface area (Å²) in [5, 5.41) is 11.3. The molecular formula is C15H19N3O. The Morgan fingerprint density at radius 2 is 1.89 bits per heavy atom. The number of anilines is 1. The van der Waals surface area contributed by atoms with Gasteiger partial charge in [-0.05, 0) is 35.7 Å². The molecule has 4 nitrogen and oxygen atoms in total. The molecule has 1 heterocycles. The van der Waals surface area contributed by atoms with Gasteiger partial charge < -0.3 is 10.1 Å². The second kappa shape index (κ2) is 5.69. The van der Waals surface area contributed by atoms with Crippen LogP contribution in [0.1, 0.15) is 25.3 Å². The molecule has 1 aromatic heterocycles. The third-order valence-electron chi connectivity index (χ3n) is 3.09. The van der Waals surface area contributed by atoms with E-state index in [-0.39, 0.29) is 0 Å². The third kappa shape index (κ3) is 2.84. The summed E-state index contributed by atoms with van der Waals surface area (Å²) in [5.74, 6) is 2.06. The lowest BCUT2D eigenvalue weighted by atomic mass is 10.00. The molecule has 0 bridgehead atoms. The van der Waals surface area contributed by atoms with Crippen LogP contribution >= 0.6 is 0 Å². The Morgan fingerprint density at radius 1 is 1.11 bits per heavy atom. The number of methoxy groups -OCH3 is 1. The van der Waals surface area contributed by atoms with E-state index in [1.54, 1.807) is 7.11 Å². The van der Waals surface area contributed by atoms with E-state index >= 15 is 0 Å². The predicted molar refractivity (Wildman–Crippen MR) is 77.7 cm³/mol. The Kier molecular flexibility index (Phi) is 4.00. The summed E-state index contributed by atoms with van der Waals surface area (Å²) in [5.41, 5.74) is 3.02. The first-order chi connectivity index (χ1) is 9.15. The molecular weight excluding hydrogens is 238 g/mol. The van der Waals surface area contributed by atoms with Crippen LogP contribution in [-0.2, 0) is 0 Å². The van der Waals surface area contributed by atoms with Crippen molar-refractivity contribution in [2.45, 2.75) is 19.8 Å². The summed E-state index contributed by atoms with van der Waals surface area (Å²) in [6, 6.07) is 10.0. The van der Waals surface area contributed by atoms with E-state index in [1.807, 2.05) is 25.2 Å². The van der Waals surface area contributed by atoms with Crippen LogP contribution in [0.5, 0.6) is 5.75 Å². The van der Waals surface area contributed by atoms with Gasteiger partial charge in [0, 0.05) is 12.6 Å². The minimum atomic E-state index is 0.473. The van der Waals surface area contributed by atoms with E-state index in [4.69, 9.17) is 4.74 Å². The van der Waals surface area contributed by atoms with Gasteiger partial charge in [-0.2, -0.15) is 0 Å². The molecule has 4 heteroatoms. The van der Waals surface area contributed by atoms with E-state index in [2.05, 4.69) is 41.5 Å². The number of nitrogens with one attached hydrogen (secondary N) is 1. The van der Waals surface area contributed by atoms with Crippen molar-refractivity contribution in [2.24, 2.45) is 0 Å². The van der Waals surface area contributed by atoms with Crippen molar-refractivity contribution >= 4 is 5.82 Å². The van der Waals surface area contributed by atoms with E-state index in [9.17, 15) is 0 Å². The Balaban J connectivity index is 2.42. The zero-order chi connectivity index (χ0) is 13.8. The van der Waals surface area contributed by atoms with Gasteiger partial charge in [-0.25, -0.2) is 0 Å². The smallest absolute Gasteiger partial charge is 0.148 e. The molecule has 0 saturated heterocycles. The highest BCUT2D eigenvalue weighted by atomic mass is 16.5. The second-order valence-corrected chi connectivity index (χ2v) is 4.67. The van der Waals surface area contributed by atoms with Crippen LogP contribution < -0.4 is 10.1 Å². The summed E-state index contributed by atoms with van der Waals surface area (Å²) >= 11 is 0. The van der Waals surface area contributed by atoms with Crippen molar-refractivity contribution in [2.75, 3.05) is 19.5 Å². The zero-order valence-electron chi connectivity index (χ0n) is 11.8. The Labute approximate surface area is 113 Å². The largest absolute Gasteiger partial charge is 0.496 e. The summed E-state index contributed by atoms with van der Waals surface area (Å²) in [4.78, 5) is 0. The van der Waals surface area contributed by atoms with Gasteiger partial charge in [0.15, 0.2) is 0 Å². The minimum absolute atomic E-state index is 0.473. The molecule has 1 aromatic carbocycles. The van der Waals surface area contributed by atoms with Gasteiger partial charge in [-0.15, -0.1) is 10.2 Å². The average molecular weight is 257 g/mol. The van der Waals surface area contributed by atoms with Gasteiger partial charge in [0.25, 0.3) is 0 Å². The number of hydrogen-bond acceptors (Lipinski definition) is 4. The van der Waals surface area contributed by atoms with Gasteiger partial charge in [-0.3, -0.25) is 0 Å². The van der Waals surface area contributed by atoms with E-state index in [0.717, 1.165) is 22.8 Å². The first-order valence-corrected chi connectivity index (χ1v) is 6.35. The summed E-state index contributed by atoms with van der Waals surface area (Å²) in [7, 11) is 3.50. The quantitative estimate of drug-likeness (QED) is 0.912. The monoisotopic (exact) mass is 257 g/mol. The molecule has 0 fully saturated rings. The van der Waals surface area contributed by atoms with Crippen LogP contribution in [0.4, 0.5) is 5.82 Å². The fraction of sp³-hybridized carbons (Fsp3) is 0.333. The number of rotatable bonds is 4. The van der Waals surface area contributed by atoms with Crippen molar-refractivity contribution in [3.8, 4) is 17.0 Å². The highest BCUT2D eigenvalue weighted by Crippen LogP contribution is 2.31. The van der Waals surface area contributed by atoms with E-state index < -0.39 is 0 Å². The second-order valence-electron chi connectivity index (χ2n) is 4.67. The van der Waals surface area contributed by atoms with E-state index in [1.165, 1.54) is 5.56 Å². The lowest BCUT2D eigenvalue weighted by molar-refractivity contribution is 0.415. The molecule has 0 atom stereocenters. The molecule has 0 radical (unpaired) electrons. The lowest BCUT2D eigenvalue weighted by Crippen LogP contribution is -1.97. The molecule has 0 aliphatic rings. The molecule has 0 aliphatic heterocycles. The topological polar surface area (TPSA) is 47.0 Å². The van der Waals surface area contributed by atoms with E-state index in [0.29, 0.717) is 5.92 Å². The molecule has 19 heavy (non-hydrogen) atoms. The van der Waals surface area contributed by atoms with Crippen LogP contribution in [0.25, 0.3) is 11.3 Å². The highest BCUT2D eigenvalue weighted by Gasteiger charge is 2.10. The van der Waals surface area contributed by atoms with Crippen LogP contribution in [0.15, 0.2) is 30.3 Å². The predicted octanol–water partition coefficient (Wildman–Crippen LogP) is 3.32. The number of nitrogens with zero attached hydrogens (tertiary/aromatic N) is 2. The highest BCUT2D eigenvalue weighted by molar-refractivity contribution is 5.68. The normalized spacial score (nSPS) is 10.6. The lowest BCUT2D eigenvalue weighted by Gasteiger charge is -2.12. The molecule has 0 saturated carbocycles. The number of benzene rings is 1. The Hall–Kier alpha value is -2.10. The van der Waals surface area contributed by atoms with Gasteiger partial charge in [0.1, 0.15) is 11.6 Å². The molecule has 0 aliphatic carbocycles. The standard InChI is InChI=1S/C15H19N3O/c1-10(2)11-5-6-12(14(9-11)19-4)13-7-8-15(16-3)18-17-13/h5-10H,1-4H3,(H,16,18). The van der Waals surface area contributed by atoms with Crippen LogP contribution in [0.3, 0.4) is 0 Å². The molecule has 2 aromatic rings. The zero-order valence-corrected chi connectivity index (χ0v) is 11.8. The summed E-state index contributed by atoms with van der Waals surface area (Å²) in [6.07, 6.45) is 0. The van der Waals surface area contributed by atoms with Gasteiger partial charge in [-0.1, -0.05) is 19.9 Å². The average Bonchev–Trinajstić information content (AvgIpc) is 2.46. The van der Waals surface area contributed by atoms with Gasteiger partial charge in [0.05, 0.1) is 12.8 Å². The van der Waals surface area contributed by atoms with Gasteiger partial charge in [0.2, 0.25) is 0 Å². The summed E-state index contributed by atoms with van der Waals surface area (Å²) < 4.78 is 5.46. The van der Waals surface area contributed by atoms with Crippen molar-refractivity contribution in [3.05, 3.63) is 35.9 Å².